The second-order valence-electron chi connectivity index (χ2n) is 4.56. The Balaban J connectivity index is 2.57. The summed E-state index contributed by atoms with van der Waals surface area (Å²) in [6.07, 6.45) is -0.878. The van der Waals surface area contributed by atoms with Crippen LogP contribution in [0.25, 0.3) is 0 Å². The van der Waals surface area contributed by atoms with E-state index >= 15 is 0 Å². The molecule has 0 saturated carbocycles. The van der Waals surface area contributed by atoms with E-state index in [0.29, 0.717) is 11.7 Å². The molecule has 0 unspecified atom stereocenters. The summed E-state index contributed by atoms with van der Waals surface area (Å²) in [7, 11) is 0. The number of rotatable bonds is 4. The van der Waals surface area contributed by atoms with E-state index in [4.69, 9.17) is 14.4 Å². The second-order valence-corrected chi connectivity index (χ2v) is 4.56. The Morgan fingerprint density at radius 3 is 2.62 bits per heavy atom. The number of hydrogen-bond donors (Lipinski definition) is 1. The molecule has 0 aliphatic carbocycles. The van der Waals surface area contributed by atoms with Crippen molar-refractivity contribution in [1.82, 2.24) is 10.1 Å². The summed E-state index contributed by atoms with van der Waals surface area (Å²) >= 11 is 0. The van der Waals surface area contributed by atoms with E-state index in [1.807, 2.05) is 20.8 Å². The first-order chi connectivity index (χ1) is 7.30. The lowest BCUT2D eigenvalue weighted by atomic mass is 9.97. The highest BCUT2D eigenvalue weighted by Gasteiger charge is 2.22. The molecule has 0 aliphatic heterocycles. The molecule has 1 atom stereocenters. The highest BCUT2D eigenvalue weighted by Crippen LogP contribution is 2.19. The number of carboxylic acid groups (broad SMARTS) is 1. The first kappa shape index (κ1) is 12.6. The van der Waals surface area contributed by atoms with Crippen molar-refractivity contribution in [1.29, 1.82) is 0 Å². The highest BCUT2D eigenvalue weighted by molar-refractivity contribution is 5.71. The van der Waals surface area contributed by atoms with Crippen molar-refractivity contribution in [3.05, 3.63) is 11.7 Å². The zero-order valence-corrected chi connectivity index (χ0v) is 9.85. The van der Waals surface area contributed by atoms with Gasteiger partial charge in [-0.25, -0.2) is 4.79 Å². The van der Waals surface area contributed by atoms with Crippen molar-refractivity contribution >= 4 is 5.97 Å². The molecule has 0 saturated heterocycles. The first-order valence-electron chi connectivity index (χ1n) is 4.98. The van der Waals surface area contributed by atoms with Crippen molar-refractivity contribution in [3.63, 3.8) is 0 Å². The summed E-state index contributed by atoms with van der Waals surface area (Å²) in [6.45, 7) is 7.33. The number of nitrogens with zero attached hydrogens (tertiary/aromatic N) is 2. The van der Waals surface area contributed by atoms with E-state index in [1.54, 1.807) is 0 Å². The SMILES string of the molecule is C[C@H](OCc1noc(C(C)(C)C)n1)C(=O)O. The zero-order chi connectivity index (χ0) is 12.3. The summed E-state index contributed by atoms with van der Waals surface area (Å²) in [5, 5.41) is 12.3. The minimum Gasteiger partial charge on any atom is -0.479 e. The monoisotopic (exact) mass is 228 g/mol. The Morgan fingerprint density at radius 2 is 2.19 bits per heavy atom. The molecule has 1 aromatic heterocycles. The zero-order valence-electron chi connectivity index (χ0n) is 9.85. The molecule has 1 N–H and O–H groups in total. The molecule has 0 aliphatic rings. The lowest BCUT2D eigenvalue weighted by Crippen LogP contribution is -2.20. The van der Waals surface area contributed by atoms with Crippen molar-refractivity contribution in [3.8, 4) is 0 Å². The van der Waals surface area contributed by atoms with Gasteiger partial charge in [0.15, 0.2) is 11.9 Å². The fraction of sp³-hybridized carbons (Fsp3) is 0.700. The van der Waals surface area contributed by atoms with Gasteiger partial charge >= 0.3 is 5.97 Å². The first-order valence-corrected chi connectivity index (χ1v) is 4.98. The van der Waals surface area contributed by atoms with E-state index in [-0.39, 0.29) is 12.0 Å². The molecule has 0 radical (unpaired) electrons. The molecule has 0 aromatic carbocycles. The standard InChI is InChI=1S/C10H16N2O4/c1-6(8(13)14)15-5-7-11-9(16-12-7)10(2,3)4/h6H,5H2,1-4H3,(H,13,14)/t6-/m0/s1. The molecule has 1 aromatic rings. The van der Waals surface area contributed by atoms with Gasteiger partial charge in [-0.05, 0) is 6.92 Å². The van der Waals surface area contributed by atoms with Gasteiger partial charge in [0, 0.05) is 5.41 Å². The predicted octanol–water partition coefficient (Wildman–Crippen LogP) is 1.36. The summed E-state index contributed by atoms with van der Waals surface area (Å²) < 4.78 is 10.1. The van der Waals surface area contributed by atoms with E-state index in [2.05, 4.69) is 10.1 Å². The lowest BCUT2D eigenvalue weighted by molar-refractivity contribution is -0.150. The quantitative estimate of drug-likeness (QED) is 0.837. The molecule has 16 heavy (non-hydrogen) atoms. The number of aliphatic carboxylic acids is 1. The molecular formula is C10H16N2O4. The minimum absolute atomic E-state index is 0.0348. The Hall–Kier alpha value is -1.43. The van der Waals surface area contributed by atoms with Crippen LogP contribution in [-0.2, 0) is 21.6 Å². The third kappa shape index (κ3) is 3.30. The summed E-state index contributed by atoms with van der Waals surface area (Å²) in [6, 6.07) is 0. The van der Waals surface area contributed by atoms with Crippen LogP contribution in [-0.4, -0.2) is 27.3 Å². The van der Waals surface area contributed by atoms with Gasteiger partial charge in [0.1, 0.15) is 6.61 Å². The molecule has 0 spiro atoms. The fourth-order valence-corrected chi connectivity index (χ4v) is 0.888. The van der Waals surface area contributed by atoms with Gasteiger partial charge in [0.05, 0.1) is 0 Å². The fourth-order valence-electron chi connectivity index (χ4n) is 0.888. The van der Waals surface area contributed by atoms with Crippen molar-refractivity contribution in [2.24, 2.45) is 0 Å². The van der Waals surface area contributed by atoms with Crippen LogP contribution in [0.3, 0.4) is 0 Å². The van der Waals surface area contributed by atoms with Crippen molar-refractivity contribution in [2.45, 2.75) is 45.8 Å². The number of hydrogen-bond acceptors (Lipinski definition) is 5. The van der Waals surface area contributed by atoms with E-state index in [0.717, 1.165) is 0 Å². The van der Waals surface area contributed by atoms with Crippen LogP contribution in [0.2, 0.25) is 0 Å². The van der Waals surface area contributed by atoms with Crippen LogP contribution in [0.4, 0.5) is 0 Å². The molecular weight excluding hydrogens is 212 g/mol. The van der Waals surface area contributed by atoms with Gasteiger partial charge in [-0.15, -0.1) is 0 Å². The predicted molar refractivity (Wildman–Crippen MR) is 54.9 cm³/mol. The minimum atomic E-state index is -1.01. The Labute approximate surface area is 93.6 Å². The third-order valence-corrected chi connectivity index (χ3v) is 1.92. The van der Waals surface area contributed by atoms with Crippen molar-refractivity contribution in [2.75, 3.05) is 0 Å². The van der Waals surface area contributed by atoms with Crippen LogP contribution < -0.4 is 0 Å². The van der Waals surface area contributed by atoms with Gasteiger partial charge in [-0.2, -0.15) is 4.98 Å². The summed E-state index contributed by atoms with van der Waals surface area (Å²) in [5.41, 5.74) is -0.219. The third-order valence-electron chi connectivity index (χ3n) is 1.92. The summed E-state index contributed by atoms with van der Waals surface area (Å²) in [4.78, 5) is 14.6. The average molecular weight is 228 g/mol. The second kappa shape index (κ2) is 4.61. The maximum atomic E-state index is 10.5. The van der Waals surface area contributed by atoms with E-state index in [1.165, 1.54) is 6.92 Å². The Kier molecular flexibility index (Phi) is 3.64. The van der Waals surface area contributed by atoms with Gasteiger partial charge in [-0.1, -0.05) is 25.9 Å². The molecule has 0 bridgehead atoms. The van der Waals surface area contributed by atoms with Gasteiger partial charge in [0.25, 0.3) is 0 Å². The largest absolute Gasteiger partial charge is 0.479 e. The topological polar surface area (TPSA) is 85.5 Å². The normalized spacial score (nSPS) is 13.8. The van der Waals surface area contributed by atoms with Gasteiger partial charge < -0.3 is 14.4 Å². The smallest absolute Gasteiger partial charge is 0.332 e. The Morgan fingerprint density at radius 1 is 1.56 bits per heavy atom. The molecule has 0 fully saturated rings. The molecule has 1 heterocycles. The van der Waals surface area contributed by atoms with Crippen molar-refractivity contribution < 1.29 is 19.2 Å². The van der Waals surface area contributed by atoms with Crippen LogP contribution in [0.15, 0.2) is 4.52 Å². The van der Waals surface area contributed by atoms with Crippen LogP contribution >= 0.6 is 0 Å². The summed E-state index contributed by atoms with van der Waals surface area (Å²) in [5.74, 6) is -0.147. The number of carboxylic acids is 1. The van der Waals surface area contributed by atoms with Crippen LogP contribution in [0, 0.1) is 0 Å². The maximum Gasteiger partial charge on any atom is 0.332 e. The van der Waals surface area contributed by atoms with E-state index < -0.39 is 12.1 Å². The number of aromatic nitrogens is 2. The van der Waals surface area contributed by atoms with Crippen LogP contribution in [0.5, 0.6) is 0 Å². The molecule has 6 nitrogen and oxygen atoms in total. The molecule has 1 rings (SSSR count). The average Bonchev–Trinajstić information content (AvgIpc) is 2.61. The van der Waals surface area contributed by atoms with E-state index in [9.17, 15) is 4.79 Å². The molecule has 90 valence electrons. The Bertz CT molecular complexity index is 367. The van der Waals surface area contributed by atoms with Crippen LogP contribution in [0.1, 0.15) is 39.4 Å². The lowest BCUT2D eigenvalue weighted by Gasteiger charge is -2.10. The number of ether oxygens (including phenoxy) is 1. The molecule has 6 heteroatoms. The highest BCUT2D eigenvalue weighted by atomic mass is 16.5. The van der Waals surface area contributed by atoms with Gasteiger partial charge in [0.2, 0.25) is 5.89 Å². The maximum absolute atomic E-state index is 10.5. The van der Waals surface area contributed by atoms with Gasteiger partial charge in [-0.3, -0.25) is 0 Å². The number of carbonyl (C=O) groups is 1. The molecule has 0 amide bonds.